The van der Waals surface area contributed by atoms with E-state index in [1.807, 2.05) is 12.1 Å². The molecule has 0 aromatic heterocycles. The van der Waals surface area contributed by atoms with Gasteiger partial charge < -0.3 is 24.8 Å². The number of nitrogens with zero attached hydrogens (tertiary/aromatic N) is 1. The molecule has 1 saturated heterocycles. The standard InChI is InChI=1S/C38H43ClN2O6/c1-24(2)7-6-18-38(4)32-16-10-25(3)46-35(32)31-20-29(15-17-33(31)47-38)36(44)40-21-26-11-13-28(14-12-26)37(45)41(23-34(42)43)22-27-8-5-9-30(39)19-27/h5,7-9,11-15,17,19-20,25,32,35H,6,10,16,18,21-23H2,1-4H3,(H,40,44)(H,42,43)/t25-,32-,35+,38-/m1/s1. The summed E-state index contributed by atoms with van der Waals surface area (Å²) in [6.07, 6.45) is 6.04. The predicted octanol–water partition coefficient (Wildman–Crippen LogP) is 7.75. The molecule has 9 heteroatoms. The van der Waals surface area contributed by atoms with E-state index in [-0.39, 0.29) is 42.7 Å². The van der Waals surface area contributed by atoms with Crippen LogP contribution < -0.4 is 10.1 Å². The van der Waals surface area contributed by atoms with E-state index in [1.54, 1.807) is 54.6 Å². The molecule has 3 aromatic rings. The van der Waals surface area contributed by atoms with Crippen LogP contribution in [0.25, 0.3) is 0 Å². The number of benzene rings is 3. The first-order valence-corrected chi connectivity index (χ1v) is 16.5. The average Bonchev–Trinajstić information content (AvgIpc) is 3.02. The van der Waals surface area contributed by atoms with Gasteiger partial charge in [-0.3, -0.25) is 14.4 Å². The third kappa shape index (κ3) is 8.42. The lowest BCUT2D eigenvalue weighted by atomic mass is 9.72. The molecule has 0 bridgehead atoms. The van der Waals surface area contributed by atoms with Crippen LogP contribution in [0.5, 0.6) is 5.75 Å². The molecular weight excluding hydrogens is 616 g/mol. The highest BCUT2D eigenvalue weighted by Crippen LogP contribution is 2.52. The molecule has 0 aliphatic carbocycles. The minimum atomic E-state index is -1.11. The number of hydrogen-bond donors (Lipinski definition) is 2. The van der Waals surface area contributed by atoms with Crippen LogP contribution in [0.2, 0.25) is 5.02 Å². The minimum absolute atomic E-state index is 0.107. The molecule has 0 unspecified atom stereocenters. The third-order valence-electron chi connectivity index (χ3n) is 9.06. The second-order valence-corrected chi connectivity index (χ2v) is 13.5. The molecule has 4 atom stereocenters. The number of hydrogen-bond acceptors (Lipinski definition) is 5. The summed E-state index contributed by atoms with van der Waals surface area (Å²) in [5.74, 6) is -0.788. The van der Waals surface area contributed by atoms with Crippen molar-refractivity contribution in [2.75, 3.05) is 6.54 Å². The highest BCUT2D eigenvalue weighted by atomic mass is 35.5. The number of nitrogens with one attached hydrogen (secondary N) is 1. The van der Waals surface area contributed by atoms with E-state index < -0.39 is 18.4 Å². The normalized spacial score (nSPS) is 21.4. The minimum Gasteiger partial charge on any atom is -0.487 e. The van der Waals surface area contributed by atoms with Crippen molar-refractivity contribution in [1.29, 1.82) is 0 Å². The number of aliphatic carboxylic acids is 1. The zero-order chi connectivity index (χ0) is 33.7. The number of amides is 2. The van der Waals surface area contributed by atoms with E-state index in [0.717, 1.165) is 48.1 Å². The number of halogens is 1. The molecular formula is C38H43ClN2O6. The van der Waals surface area contributed by atoms with Crippen molar-refractivity contribution in [2.24, 2.45) is 5.92 Å². The maximum atomic E-state index is 13.3. The average molecular weight is 659 g/mol. The number of allylic oxidation sites excluding steroid dienone is 2. The van der Waals surface area contributed by atoms with E-state index in [1.165, 1.54) is 10.5 Å². The number of rotatable bonds is 11. The van der Waals surface area contributed by atoms with Crippen LogP contribution in [-0.4, -0.2) is 46.0 Å². The first-order valence-electron chi connectivity index (χ1n) is 16.2. The molecule has 5 rings (SSSR count). The van der Waals surface area contributed by atoms with Crippen LogP contribution in [-0.2, 0) is 22.6 Å². The smallest absolute Gasteiger partial charge is 0.323 e. The van der Waals surface area contributed by atoms with Crippen LogP contribution in [0.15, 0.2) is 78.4 Å². The topological polar surface area (TPSA) is 105 Å². The first-order chi connectivity index (χ1) is 22.4. The van der Waals surface area contributed by atoms with Gasteiger partial charge >= 0.3 is 5.97 Å². The van der Waals surface area contributed by atoms with E-state index in [9.17, 15) is 19.5 Å². The summed E-state index contributed by atoms with van der Waals surface area (Å²) in [4.78, 5) is 39.3. The second-order valence-electron chi connectivity index (χ2n) is 13.1. The molecule has 0 spiro atoms. The molecule has 2 heterocycles. The summed E-state index contributed by atoms with van der Waals surface area (Å²) in [6.45, 7) is 8.42. The Bertz CT molecular complexity index is 1650. The molecule has 2 N–H and O–H groups in total. The number of carbonyl (C=O) groups excluding carboxylic acids is 2. The molecule has 8 nitrogen and oxygen atoms in total. The quantitative estimate of drug-likeness (QED) is 0.204. The Morgan fingerprint density at radius 3 is 2.47 bits per heavy atom. The number of carboxylic acid groups (broad SMARTS) is 1. The fraction of sp³-hybridized carbons (Fsp3) is 0.395. The Morgan fingerprint density at radius 2 is 1.77 bits per heavy atom. The van der Waals surface area contributed by atoms with Crippen LogP contribution in [0.4, 0.5) is 0 Å². The largest absolute Gasteiger partial charge is 0.487 e. The van der Waals surface area contributed by atoms with Gasteiger partial charge in [-0.15, -0.1) is 0 Å². The van der Waals surface area contributed by atoms with Crippen molar-refractivity contribution in [3.63, 3.8) is 0 Å². The predicted molar refractivity (Wildman–Crippen MR) is 182 cm³/mol. The van der Waals surface area contributed by atoms with Crippen molar-refractivity contribution in [2.45, 2.75) is 84.3 Å². The van der Waals surface area contributed by atoms with Crippen molar-refractivity contribution in [3.8, 4) is 5.75 Å². The maximum absolute atomic E-state index is 13.3. The van der Waals surface area contributed by atoms with E-state index in [2.05, 4.69) is 39.1 Å². The van der Waals surface area contributed by atoms with Gasteiger partial charge in [-0.25, -0.2) is 0 Å². The van der Waals surface area contributed by atoms with E-state index in [0.29, 0.717) is 16.1 Å². The van der Waals surface area contributed by atoms with Crippen molar-refractivity contribution in [3.05, 3.63) is 111 Å². The molecule has 47 heavy (non-hydrogen) atoms. The van der Waals surface area contributed by atoms with Crippen LogP contribution in [0, 0.1) is 5.92 Å². The number of ether oxygens (including phenoxy) is 2. The summed E-state index contributed by atoms with van der Waals surface area (Å²) in [7, 11) is 0. The molecule has 2 amide bonds. The molecule has 3 aromatic carbocycles. The highest BCUT2D eigenvalue weighted by Gasteiger charge is 2.49. The fourth-order valence-electron chi connectivity index (χ4n) is 6.56. The fourth-order valence-corrected chi connectivity index (χ4v) is 6.77. The summed E-state index contributed by atoms with van der Waals surface area (Å²) in [5, 5.41) is 12.9. The third-order valence-corrected chi connectivity index (χ3v) is 9.29. The van der Waals surface area contributed by atoms with Crippen molar-refractivity contribution >= 4 is 29.4 Å². The zero-order valence-electron chi connectivity index (χ0n) is 27.4. The Kier molecular flexibility index (Phi) is 10.7. The molecule has 2 aliphatic rings. The van der Waals surface area contributed by atoms with Gasteiger partial charge in [0.25, 0.3) is 11.8 Å². The lowest BCUT2D eigenvalue weighted by molar-refractivity contribution is -0.152. The van der Waals surface area contributed by atoms with Gasteiger partial charge in [-0.2, -0.15) is 0 Å². The van der Waals surface area contributed by atoms with Gasteiger partial charge in [0.1, 0.15) is 17.9 Å². The monoisotopic (exact) mass is 658 g/mol. The second kappa shape index (κ2) is 14.7. The van der Waals surface area contributed by atoms with Crippen LogP contribution in [0.3, 0.4) is 0 Å². The Hall–Kier alpha value is -4.14. The van der Waals surface area contributed by atoms with Gasteiger partial charge in [0.2, 0.25) is 0 Å². The Labute approximate surface area is 281 Å². The van der Waals surface area contributed by atoms with E-state index in [4.69, 9.17) is 21.1 Å². The number of fused-ring (bicyclic) bond motifs is 3. The zero-order valence-corrected chi connectivity index (χ0v) is 28.2. The Balaban J connectivity index is 1.25. The molecule has 0 radical (unpaired) electrons. The van der Waals surface area contributed by atoms with Crippen molar-refractivity contribution in [1.82, 2.24) is 10.2 Å². The molecule has 1 fully saturated rings. The Morgan fingerprint density at radius 1 is 1.02 bits per heavy atom. The van der Waals surface area contributed by atoms with Gasteiger partial charge in [-0.05, 0) is 107 Å². The van der Waals surface area contributed by atoms with Crippen molar-refractivity contribution < 1.29 is 29.0 Å². The van der Waals surface area contributed by atoms with Gasteiger partial charge in [0, 0.05) is 40.7 Å². The van der Waals surface area contributed by atoms with Crippen LogP contribution >= 0.6 is 11.6 Å². The molecule has 2 aliphatic heterocycles. The van der Waals surface area contributed by atoms with Gasteiger partial charge in [-0.1, -0.05) is 47.5 Å². The van der Waals surface area contributed by atoms with Gasteiger partial charge in [0.05, 0.1) is 12.2 Å². The first kappa shape index (κ1) is 34.2. The molecule has 0 saturated carbocycles. The summed E-state index contributed by atoms with van der Waals surface area (Å²) >= 11 is 6.07. The van der Waals surface area contributed by atoms with Crippen LogP contribution in [0.1, 0.15) is 96.9 Å². The lowest BCUT2D eigenvalue weighted by Crippen LogP contribution is -2.50. The van der Waals surface area contributed by atoms with Gasteiger partial charge in [0.15, 0.2) is 0 Å². The maximum Gasteiger partial charge on any atom is 0.323 e. The number of carbonyl (C=O) groups is 3. The van der Waals surface area contributed by atoms with E-state index >= 15 is 0 Å². The summed E-state index contributed by atoms with van der Waals surface area (Å²) < 4.78 is 13.2. The highest BCUT2D eigenvalue weighted by molar-refractivity contribution is 6.30. The molecule has 248 valence electrons. The lowest BCUT2D eigenvalue weighted by Gasteiger charge is -2.50. The number of carboxylic acids is 1. The summed E-state index contributed by atoms with van der Waals surface area (Å²) in [6, 6.07) is 19.3. The SMILES string of the molecule is CC(C)=CCC[C@@]1(C)Oc2ccc(C(=O)NCc3ccc(C(=O)N(CC(=O)O)Cc4cccc(Cl)c4)cc3)cc2[C@@H]2O[C@H](C)CC[C@H]21. The summed E-state index contributed by atoms with van der Waals surface area (Å²) in [5.41, 5.74) is 4.25.